The van der Waals surface area contributed by atoms with E-state index in [2.05, 4.69) is 120 Å². The molecule has 1 nitrogen and oxygen atoms in total. The molecule has 3 heteroatoms. The molecule has 0 radical (unpaired) electrons. The van der Waals surface area contributed by atoms with Crippen molar-refractivity contribution in [3.8, 4) is 0 Å². The van der Waals surface area contributed by atoms with Crippen molar-refractivity contribution >= 4 is 114 Å². The Bertz CT molecular complexity index is 2670. The van der Waals surface area contributed by atoms with Gasteiger partial charge in [-0.2, -0.15) is 0 Å². The Balaban J connectivity index is 1.67. The first-order valence-corrected chi connectivity index (χ1v) is 15.8. The number of para-hydroxylation sites is 2. The number of nitrogens with zero attached hydrogens (tertiary/aromatic N) is 1. The van der Waals surface area contributed by atoms with Gasteiger partial charge < -0.3 is 0 Å². The van der Waals surface area contributed by atoms with E-state index in [1.807, 2.05) is 11.3 Å². The van der Waals surface area contributed by atoms with Crippen molar-refractivity contribution < 1.29 is 0 Å². The Morgan fingerprint density at radius 3 is 1.90 bits per heavy atom. The van der Waals surface area contributed by atoms with Gasteiger partial charge in [0.2, 0.25) is 0 Å². The Labute approximate surface area is 232 Å². The fourth-order valence-corrected chi connectivity index (χ4v) is 10.5. The molecule has 0 spiro atoms. The number of thiophene rings is 1. The van der Waals surface area contributed by atoms with Crippen molar-refractivity contribution in [1.29, 1.82) is 0 Å². The molecule has 0 N–H and O–H groups in total. The molecule has 0 saturated heterocycles. The molecule has 0 aliphatic carbocycles. The fraction of sp³-hybridized carbons (Fsp3) is 0. The van der Waals surface area contributed by atoms with E-state index in [9.17, 15) is 0 Å². The van der Waals surface area contributed by atoms with Crippen LogP contribution in [0.5, 0.6) is 0 Å². The molecule has 39 heavy (non-hydrogen) atoms. The third-order valence-corrected chi connectivity index (χ3v) is 12.0. The molecule has 0 fully saturated rings. The zero-order valence-corrected chi connectivity index (χ0v) is 23.3. The summed E-state index contributed by atoms with van der Waals surface area (Å²) in [6.07, 6.45) is 0. The Morgan fingerprint density at radius 1 is 0.410 bits per heavy atom. The summed E-state index contributed by atoms with van der Waals surface area (Å²) in [7, 11) is 0. The fourth-order valence-electron chi connectivity index (χ4n) is 7.05. The molecule has 10 aromatic rings. The summed E-state index contributed by atoms with van der Waals surface area (Å²) in [5.74, 6) is 0. The first-order chi connectivity index (χ1) is 19.4. The summed E-state index contributed by atoms with van der Waals surface area (Å²) < 4.78 is 8.26. The molecule has 0 aliphatic rings. The average molecular weight is 577 g/mol. The molecule has 6 aromatic carbocycles. The van der Waals surface area contributed by atoms with Crippen molar-refractivity contribution in [2.75, 3.05) is 0 Å². The standard InChI is InChI=1S/C36H19NSSe/c1-3-14-26-20(8-1)21-10-6-15-28-33(21)34-22(11-7-16-29(34)38-28)23-12-5-13-25-32-27(37(26)36(23)25)18-19-31-35(32)24-9-2-4-17-30(24)39-31/h1-19H. The number of hydrogen-bond acceptors (Lipinski definition) is 1. The summed E-state index contributed by atoms with van der Waals surface area (Å²) >= 11 is 2.25. The van der Waals surface area contributed by atoms with E-state index >= 15 is 0 Å². The summed E-state index contributed by atoms with van der Waals surface area (Å²) in [6, 6.07) is 43.5. The van der Waals surface area contributed by atoms with E-state index in [0.29, 0.717) is 14.5 Å². The van der Waals surface area contributed by atoms with E-state index < -0.39 is 0 Å². The molecule has 0 saturated carbocycles. The van der Waals surface area contributed by atoms with Crippen LogP contribution < -0.4 is 0 Å². The number of benzene rings is 6. The van der Waals surface area contributed by atoms with E-state index in [4.69, 9.17) is 0 Å². The van der Waals surface area contributed by atoms with Crippen LogP contribution >= 0.6 is 11.3 Å². The van der Waals surface area contributed by atoms with Crippen LogP contribution in [0.1, 0.15) is 0 Å². The van der Waals surface area contributed by atoms with Crippen LogP contribution in [0, 0.1) is 0 Å². The normalized spacial score (nSPS) is 12.6. The van der Waals surface area contributed by atoms with Crippen LogP contribution in [0.3, 0.4) is 0 Å². The predicted octanol–water partition coefficient (Wildman–Crippen LogP) is 10.3. The molecular formula is C36H19NSSe. The Morgan fingerprint density at radius 2 is 1.05 bits per heavy atom. The van der Waals surface area contributed by atoms with Gasteiger partial charge in [0.1, 0.15) is 0 Å². The van der Waals surface area contributed by atoms with Crippen molar-refractivity contribution in [2.45, 2.75) is 0 Å². The van der Waals surface area contributed by atoms with Gasteiger partial charge in [0.15, 0.2) is 0 Å². The molecule has 4 aromatic heterocycles. The van der Waals surface area contributed by atoms with E-state index in [1.54, 1.807) is 0 Å². The maximum absolute atomic E-state index is 2.57. The van der Waals surface area contributed by atoms with Gasteiger partial charge in [0.05, 0.1) is 0 Å². The molecular weight excluding hydrogens is 557 g/mol. The molecule has 180 valence electrons. The monoisotopic (exact) mass is 577 g/mol. The zero-order chi connectivity index (χ0) is 25.2. The summed E-state index contributed by atoms with van der Waals surface area (Å²) in [4.78, 5) is 0. The topological polar surface area (TPSA) is 4.41 Å². The Kier molecular flexibility index (Phi) is 3.88. The van der Waals surface area contributed by atoms with Crippen molar-refractivity contribution in [1.82, 2.24) is 4.40 Å². The van der Waals surface area contributed by atoms with Gasteiger partial charge >= 0.3 is 234 Å². The van der Waals surface area contributed by atoms with Gasteiger partial charge in [0.25, 0.3) is 0 Å². The molecule has 0 unspecified atom stereocenters. The van der Waals surface area contributed by atoms with Gasteiger partial charge in [-0.3, -0.25) is 0 Å². The Hall–Kier alpha value is -4.14. The molecule has 0 amide bonds. The molecule has 0 aliphatic heterocycles. The number of fused-ring (bicyclic) bond motifs is 11. The van der Waals surface area contributed by atoms with Crippen molar-refractivity contribution in [2.24, 2.45) is 0 Å². The van der Waals surface area contributed by atoms with Gasteiger partial charge in [-0.1, -0.05) is 0 Å². The second-order valence-corrected chi connectivity index (χ2v) is 13.8. The first-order valence-electron chi connectivity index (χ1n) is 13.3. The van der Waals surface area contributed by atoms with Gasteiger partial charge in [-0.15, -0.1) is 0 Å². The second-order valence-electron chi connectivity index (χ2n) is 10.4. The van der Waals surface area contributed by atoms with Crippen LogP contribution in [0.4, 0.5) is 0 Å². The number of hydrogen-bond donors (Lipinski definition) is 0. The van der Waals surface area contributed by atoms with Crippen LogP contribution in [-0.4, -0.2) is 18.9 Å². The molecule has 4 heterocycles. The minimum absolute atomic E-state index is 0.336. The summed E-state index contributed by atoms with van der Waals surface area (Å²) in [6.45, 7) is 0. The first kappa shape index (κ1) is 20.8. The van der Waals surface area contributed by atoms with Gasteiger partial charge in [-0.05, 0) is 0 Å². The van der Waals surface area contributed by atoms with Crippen LogP contribution in [0.2, 0.25) is 0 Å². The second kappa shape index (κ2) is 7.28. The quantitative estimate of drug-likeness (QED) is 0.158. The van der Waals surface area contributed by atoms with Crippen molar-refractivity contribution in [3.63, 3.8) is 0 Å². The van der Waals surface area contributed by atoms with Crippen molar-refractivity contribution in [3.05, 3.63) is 115 Å². The molecule has 10 rings (SSSR count). The SMILES string of the molecule is c1ccc2c(c1)[se]c1ccc3c(c4cccc5c6cccc7sc8cccc(c9ccccc9n3c54)c8c76)c12. The average Bonchev–Trinajstić information content (AvgIpc) is 3.66. The van der Waals surface area contributed by atoms with E-state index in [1.165, 1.54) is 88.3 Å². The van der Waals surface area contributed by atoms with Crippen LogP contribution in [0.15, 0.2) is 115 Å². The predicted molar refractivity (Wildman–Crippen MR) is 172 cm³/mol. The summed E-state index contributed by atoms with van der Waals surface area (Å²) in [5.41, 5.74) is 3.85. The van der Waals surface area contributed by atoms with Gasteiger partial charge in [0, 0.05) is 0 Å². The van der Waals surface area contributed by atoms with Crippen LogP contribution in [-0.2, 0) is 0 Å². The number of aromatic nitrogens is 1. The zero-order valence-electron chi connectivity index (χ0n) is 20.7. The maximum atomic E-state index is 2.57. The van der Waals surface area contributed by atoms with Gasteiger partial charge in [-0.25, -0.2) is 0 Å². The molecule has 0 atom stereocenters. The van der Waals surface area contributed by atoms with E-state index in [0.717, 1.165) is 0 Å². The molecule has 0 bridgehead atoms. The van der Waals surface area contributed by atoms with Crippen LogP contribution in [0.25, 0.3) is 88.3 Å². The van der Waals surface area contributed by atoms with E-state index in [-0.39, 0.29) is 0 Å². The third-order valence-electron chi connectivity index (χ3n) is 8.54. The number of rotatable bonds is 0. The minimum atomic E-state index is 0.336. The third kappa shape index (κ3) is 2.52. The summed E-state index contributed by atoms with van der Waals surface area (Å²) in [5, 5.41) is 13.6.